The van der Waals surface area contributed by atoms with Gasteiger partial charge in [-0.2, -0.15) is 8.78 Å². The SMILES string of the molecule is Cn1c(-c2cc(Cl)cnc2OC(F)F)nnc1-c1c(F)ccc2c1OCCO2. The minimum atomic E-state index is -3.09. The maximum Gasteiger partial charge on any atom is 0.388 e. The quantitative estimate of drug-likeness (QED) is 0.650. The summed E-state index contributed by atoms with van der Waals surface area (Å²) >= 11 is 5.94. The fraction of sp³-hybridized carbons (Fsp3) is 0.235. The molecule has 1 aromatic carbocycles. The van der Waals surface area contributed by atoms with Gasteiger partial charge in [-0.1, -0.05) is 11.6 Å². The van der Waals surface area contributed by atoms with Gasteiger partial charge in [0.2, 0.25) is 5.88 Å². The van der Waals surface area contributed by atoms with Crippen molar-refractivity contribution in [2.24, 2.45) is 7.05 Å². The summed E-state index contributed by atoms with van der Waals surface area (Å²) in [5, 5.41) is 8.17. The molecule has 0 N–H and O–H groups in total. The first kappa shape index (κ1) is 18.4. The minimum absolute atomic E-state index is 0.0461. The van der Waals surface area contributed by atoms with Crippen LogP contribution in [0.1, 0.15) is 0 Å². The van der Waals surface area contributed by atoms with Gasteiger partial charge in [-0.25, -0.2) is 9.37 Å². The zero-order chi connectivity index (χ0) is 19.8. The van der Waals surface area contributed by atoms with E-state index in [0.717, 1.165) is 0 Å². The Bertz CT molecular complexity index is 1040. The van der Waals surface area contributed by atoms with Crippen molar-refractivity contribution in [1.82, 2.24) is 19.7 Å². The molecule has 0 spiro atoms. The molecule has 0 unspecified atom stereocenters. The lowest BCUT2D eigenvalue weighted by molar-refractivity contribution is -0.0524. The van der Waals surface area contributed by atoms with Gasteiger partial charge in [0.1, 0.15) is 24.6 Å². The molecule has 146 valence electrons. The summed E-state index contributed by atoms with van der Waals surface area (Å²) in [6, 6.07) is 4.04. The zero-order valence-corrected chi connectivity index (χ0v) is 15.1. The fourth-order valence-corrected chi connectivity index (χ4v) is 3.00. The predicted octanol–water partition coefficient (Wildman–Crippen LogP) is 3.71. The van der Waals surface area contributed by atoms with Crippen LogP contribution >= 0.6 is 11.6 Å². The first-order valence-corrected chi connectivity index (χ1v) is 8.42. The molecule has 0 aliphatic carbocycles. The number of nitrogens with zero attached hydrogens (tertiary/aromatic N) is 4. The van der Waals surface area contributed by atoms with Gasteiger partial charge in [0.05, 0.1) is 10.6 Å². The molecule has 2 aromatic heterocycles. The van der Waals surface area contributed by atoms with Gasteiger partial charge in [-0.05, 0) is 18.2 Å². The van der Waals surface area contributed by atoms with Gasteiger partial charge in [0.25, 0.3) is 0 Å². The number of fused-ring (bicyclic) bond motifs is 1. The Morgan fingerprint density at radius 1 is 1.18 bits per heavy atom. The largest absolute Gasteiger partial charge is 0.486 e. The van der Waals surface area contributed by atoms with Crippen LogP contribution in [0.2, 0.25) is 5.02 Å². The molecular weight excluding hydrogens is 401 g/mol. The Morgan fingerprint density at radius 3 is 2.71 bits per heavy atom. The molecular formula is C17H12ClF3N4O3. The van der Waals surface area contributed by atoms with Crippen molar-refractivity contribution in [1.29, 1.82) is 0 Å². The topological polar surface area (TPSA) is 71.3 Å². The van der Waals surface area contributed by atoms with Crippen molar-refractivity contribution >= 4 is 11.6 Å². The third-order valence-corrected chi connectivity index (χ3v) is 4.22. The average Bonchev–Trinajstić information content (AvgIpc) is 3.04. The molecule has 4 rings (SSSR count). The van der Waals surface area contributed by atoms with E-state index in [-0.39, 0.29) is 46.0 Å². The molecule has 11 heteroatoms. The highest BCUT2D eigenvalue weighted by Crippen LogP contribution is 2.42. The van der Waals surface area contributed by atoms with Crippen LogP contribution in [-0.2, 0) is 7.05 Å². The van der Waals surface area contributed by atoms with Crippen LogP contribution in [0, 0.1) is 5.82 Å². The van der Waals surface area contributed by atoms with Gasteiger partial charge in [-0.15, -0.1) is 10.2 Å². The third kappa shape index (κ3) is 3.19. The molecule has 1 aliphatic heterocycles. The number of hydrogen-bond acceptors (Lipinski definition) is 6. The molecule has 1 aliphatic rings. The number of halogens is 4. The normalized spacial score (nSPS) is 13.1. The highest BCUT2D eigenvalue weighted by Gasteiger charge is 2.27. The maximum atomic E-state index is 14.6. The lowest BCUT2D eigenvalue weighted by atomic mass is 10.1. The number of hydrogen-bond donors (Lipinski definition) is 0. The van der Waals surface area contributed by atoms with Gasteiger partial charge in [-0.3, -0.25) is 0 Å². The highest BCUT2D eigenvalue weighted by molar-refractivity contribution is 6.30. The molecule has 0 saturated carbocycles. The van der Waals surface area contributed by atoms with E-state index in [4.69, 9.17) is 21.1 Å². The van der Waals surface area contributed by atoms with E-state index in [1.165, 1.54) is 29.0 Å². The van der Waals surface area contributed by atoms with Gasteiger partial charge in [0, 0.05) is 13.2 Å². The number of aromatic nitrogens is 4. The van der Waals surface area contributed by atoms with Crippen molar-refractivity contribution in [2.45, 2.75) is 6.61 Å². The van der Waals surface area contributed by atoms with E-state index in [1.807, 2.05) is 0 Å². The second kappa shape index (κ2) is 7.19. The molecule has 0 radical (unpaired) electrons. The van der Waals surface area contributed by atoms with Crippen LogP contribution in [0.5, 0.6) is 17.4 Å². The molecule has 0 saturated heterocycles. The Kier molecular flexibility index (Phi) is 4.71. The number of rotatable bonds is 4. The Balaban J connectivity index is 1.86. The lowest BCUT2D eigenvalue weighted by Crippen LogP contribution is -2.17. The van der Waals surface area contributed by atoms with E-state index in [1.54, 1.807) is 7.05 Å². The smallest absolute Gasteiger partial charge is 0.388 e. The maximum absolute atomic E-state index is 14.6. The van der Waals surface area contributed by atoms with Gasteiger partial charge in [0.15, 0.2) is 23.1 Å². The van der Waals surface area contributed by atoms with E-state index >= 15 is 0 Å². The molecule has 7 nitrogen and oxygen atoms in total. The summed E-state index contributed by atoms with van der Waals surface area (Å²) in [5.74, 6) is -0.191. The Labute approximate surface area is 161 Å². The minimum Gasteiger partial charge on any atom is -0.486 e. The van der Waals surface area contributed by atoms with Crippen molar-refractivity contribution in [2.75, 3.05) is 13.2 Å². The Morgan fingerprint density at radius 2 is 1.93 bits per heavy atom. The highest BCUT2D eigenvalue weighted by atomic mass is 35.5. The number of benzene rings is 1. The van der Waals surface area contributed by atoms with Crippen LogP contribution in [0.3, 0.4) is 0 Å². The van der Waals surface area contributed by atoms with Crippen LogP contribution in [-0.4, -0.2) is 39.6 Å². The van der Waals surface area contributed by atoms with Gasteiger partial charge < -0.3 is 18.8 Å². The second-order valence-corrected chi connectivity index (χ2v) is 6.17. The summed E-state index contributed by atoms with van der Waals surface area (Å²) < 4.78 is 56.9. The molecule has 3 aromatic rings. The van der Waals surface area contributed by atoms with E-state index in [0.29, 0.717) is 12.4 Å². The summed E-state index contributed by atoms with van der Waals surface area (Å²) in [6.45, 7) is -2.51. The fourth-order valence-electron chi connectivity index (χ4n) is 2.85. The summed E-state index contributed by atoms with van der Waals surface area (Å²) in [7, 11) is 1.54. The molecule has 28 heavy (non-hydrogen) atoms. The first-order valence-electron chi connectivity index (χ1n) is 8.04. The van der Waals surface area contributed by atoms with Crippen molar-refractivity contribution < 1.29 is 27.4 Å². The van der Waals surface area contributed by atoms with Gasteiger partial charge >= 0.3 is 6.61 Å². The van der Waals surface area contributed by atoms with E-state index < -0.39 is 12.4 Å². The summed E-state index contributed by atoms with van der Waals surface area (Å²) in [6.07, 6.45) is 1.17. The average molecular weight is 413 g/mol. The van der Waals surface area contributed by atoms with Crippen molar-refractivity contribution in [3.63, 3.8) is 0 Å². The van der Waals surface area contributed by atoms with Crippen LogP contribution in [0.4, 0.5) is 13.2 Å². The number of ether oxygens (including phenoxy) is 3. The van der Waals surface area contributed by atoms with Crippen LogP contribution in [0.25, 0.3) is 22.8 Å². The summed E-state index contributed by atoms with van der Waals surface area (Å²) in [5.41, 5.74) is 0.126. The molecule has 0 atom stereocenters. The first-order chi connectivity index (χ1) is 13.5. The zero-order valence-electron chi connectivity index (χ0n) is 14.3. The number of alkyl halides is 2. The van der Waals surface area contributed by atoms with Crippen molar-refractivity contribution in [3.05, 3.63) is 35.2 Å². The van der Waals surface area contributed by atoms with Crippen LogP contribution in [0.15, 0.2) is 24.4 Å². The lowest BCUT2D eigenvalue weighted by Gasteiger charge is -2.21. The van der Waals surface area contributed by atoms with Crippen molar-refractivity contribution in [3.8, 4) is 40.2 Å². The van der Waals surface area contributed by atoms with E-state index in [9.17, 15) is 13.2 Å². The van der Waals surface area contributed by atoms with Crippen LogP contribution < -0.4 is 14.2 Å². The number of pyridine rings is 1. The molecule has 0 bridgehead atoms. The second-order valence-electron chi connectivity index (χ2n) is 5.74. The van der Waals surface area contributed by atoms with E-state index in [2.05, 4.69) is 19.9 Å². The molecule has 0 fully saturated rings. The predicted molar refractivity (Wildman–Crippen MR) is 92.3 cm³/mol. The third-order valence-electron chi connectivity index (χ3n) is 4.02. The summed E-state index contributed by atoms with van der Waals surface area (Å²) in [4.78, 5) is 3.77. The molecule has 0 amide bonds. The standard InChI is InChI=1S/C17H12ClF3N4O3/c1-25-14(9-6-8(18)7-22-16(9)28-17(20)21)23-24-15(25)12-10(19)2-3-11-13(12)27-5-4-26-11/h2-3,6-7,17H,4-5H2,1H3. The monoisotopic (exact) mass is 412 g/mol. The molecule has 3 heterocycles. The Hall–Kier alpha value is -3.01.